The Morgan fingerprint density at radius 1 is 0.971 bits per heavy atom. The van der Waals surface area contributed by atoms with Crippen molar-refractivity contribution < 1.29 is 68.0 Å². The molecule has 0 saturated heterocycles. The molecule has 0 spiro atoms. The topological polar surface area (TPSA) is 52.6 Å². The van der Waals surface area contributed by atoms with Gasteiger partial charge in [-0.2, -0.15) is 0 Å². The third-order valence-corrected chi connectivity index (χ3v) is 10.3. The number of halogens is 8. The van der Waals surface area contributed by atoms with Crippen LogP contribution in [0, 0.1) is 6.92 Å². The summed E-state index contributed by atoms with van der Waals surface area (Å²) in [5.74, 6) is -7.44. The molecule has 2 aromatic carbocycles. The number of aryl methyl sites for hydroxylation is 1. The van der Waals surface area contributed by atoms with Crippen molar-refractivity contribution in [3.05, 3.63) is 82.7 Å². The van der Waals surface area contributed by atoms with Gasteiger partial charge in [0.1, 0.15) is 0 Å². The van der Waals surface area contributed by atoms with E-state index in [1.165, 1.54) is 19.2 Å². The van der Waals surface area contributed by atoms with Gasteiger partial charge in [-0.25, -0.2) is 0 Å². The molecule has 0 radical (unpaired) electrons. The van der Waals surface area contributed by atoms with Crippen LogP contribution in [0.3, 0.4) is 0 Å². The summed E-state index contributed by atoms with van der Waals surface area (Å²) in [7, 11) is -3.42. The van der Waals surface area contributed by atoms with Crippen LogP contribution in [0.5, 0.6) is 5.75 Å². The van der Waals surface area contributed by atoms with Crippen LogP contribution in [-0.4, -0.2) is 27.9 Å². The Morgan fingerprint density at radius 3 is 2.03 bits per heavy atom. The van der Waals surface area contributed by atoms with E-state index in [-0.39, 0.29) is 5.75 Å². The van der Waals surface area contributed by atoms with Gasteiger partial charge in [0.15, 0.2) is 0 Å². The Morgan fingerprint density at radius 2 is 1.53 bits per heavy atom. The molecule has 0 amide bonds. The van der Waals surface area contributed by atoms with Gasteiger partial charge < -0.3 is 0 Å². The molecule has 0 heterocycles. The van der Waals surface area contributed by atoms with Crippen LogP contribution in [0.25, 0.3) is 0 Å². The van der Waals surface area contributed by atoms with E-state index in [0.29, 0.717) is 5.56 Å². The zero-order valence-electron chi connectivity index (χ0n) is 17.3. The molecule has 0 bridgehead atoms. The summed E-state index contributed by atoms with van der Waals surface area (Å²) in [6.45, 7) is 1.66. The number of methoxy groups -OCH3 is 1. The maximum atomic E-state index is 15.3. The first-order valence-corrected chi connectivity index (χ1v) is 12.6. The van der Waals surface area contributed by atoms with Gasteiger partial charge in [0, 0.05) is 0 Å². The van der Waals surface area contributed by atoms with Crippen molar-refractivity contribution in [1.29, 1.82) is 0 Å². The molecule has 0 fully saturated rings. The summed E-state index contributed by atoms with van der Waals surface area (Å²) < 4.78 is 131. The van der Waals surface area contributed by atoms with E-state index in [4.69, 9.17) is 7.25 Å². The Hall–Kier alpha value is -2.13. The number of hydrogen-bond acceptors (Lipinski definition) is 4. The van der Waals surface area contributed by atoms with Gasteiger partial charge in [-0.05, 0) is 0 Å². The minimum absolute atomic E-state index is 0.161. The second-order valence-corrected chi connectivity index (χ2v) is 11.8. The van der Waals surface area contributed by atoms with Crippen molar-refractivity contribution in [3.8, 4) is 5.75 Å². The Balaban J connectivity index is 2.16. The standard InChI is InChI=1S/C21H15F7IO4S/c1-11-3-9-14(10-4-11)34(30,31)33-29-20(12-5-7-13(32-2)8-6-12)18(24)16(22)15(21(26,27)28)17(23)19(20)25/h3-10,18H,1-2H3/q-1. The summed E-state index contributed by atoms with van der Waals surface area (Å²) in [6.07, 6.45) is -9.16. The molecule has 2 aromatic rings. The van der Waals surface area contributed by atoms with Gasteiger partial charge in [0.05, 0.1) is 0 Å². The normalized spacial score (nSPS) is 21.9. The van der Waals surface area contributed by atoms with Crippen molar-refractivity contribution in [2.24, 2.45) is 0 Å². The van der Waals surface area contributed by atoms with Crippen LogP contribution in [0.2, 0.25) is 0 Å². The molecule has 0 aliphatic heterocycles. The molecular weight excluding hydrogens is 608 g/mol. The zero-order chi connectivity index (χ0) is 25.5. The van der Waals surface area contributed by atoms with E-state index in [2.05, 4.69) is 0 Å². The number of ether oxygens (including phenoxy) is 1. The molecule has 3 rings (SSSR count). The SMILES string of the molecule is COc1ccc(C2([I-]OS(=O)(=O)c3ccc(C)cc3)C(F)=C(F)C(C(F)(F)F)=C(F)C2F)cc1. The van der Waals surface area contributed by atoms with Crippen molar-refractivity contribution >= 4 is 10.1 Å². The van der Waals surface area contributed by atoms with E-state index < -0.39 is 81.0 Å². The van der Waals surface area contributed by atoms with Gasteiger partial charge in [-0.3, -0.25) is 0 Å². The average molecular weight is 623 g/mol. The summed E-state index contributed by atoms with van der Waals surface area (Å²) >= 11 is -2.91. The number of alkyl halides is 5. The maximum absolute atomic E-state index is 15.3. The molecule has 1 aliphatic carbocycles. The molecule has 2 unspecified atom stereocenters. The van der Waals surface area contributed by atoms with Gasteiger partial charge in [-0.1, -0.05) is 0 Å². The quantitative estimate of drug-likeness (QED) is 0.283. The molecule has 0 saturated carbocycles. The van der Waals surface area contributed by atoms with Crippen molar-refractivity contribution in [3.63, 3.8) is 0 Å². The van der Waals surface area contributed by atoms with Gasteiger partial charge in [-0.15, -0.1) is 0 Å². The van der Waals surface area contributed by atoms with E-state index in [9.17, 15) is 30.4 Å². The first-order chi connectivity index (χ1) is 15.8. The molecule has 4 nitrogen and oxygen atoms in total. The molecular formula is C21H15F7IO4S-. The summed E-state index contributed by atoms with van der Waals surface area (Å²) in [5, 5.41) is 0. The Kier molecular flexibility index (Phi) is 7.39. The monoisotopic (exact) mass is 623 g/mol. The van der Waals surface area contributed by atoms with Crippen LogP contribution < -0.4 is 26.4 Å². The van der Waals surface area contributed by atoms with Gasteiger partial charge >= 0.3 is 201 Å². The van der Waals surface area contributed by atoms with Crippen molar-refractivity contribution in [1.82, 2.24) is 0 Å². The molecule has 2 atom stereocenters. The number of rotatable bonds is 6. The predicted octanol–water partition coefficient (Wildman–Crippen LogP) is 2.90. The summed E-state index contributed by atoms with van der Waals surface area (Å²) in [4.78, 5) is -0.411. The second kappa shape index (κ2) is 9.49. The first-order valence-electron chi connectivity index (χ1n) is 9.23. The van der Waals surface area contributed by atoms with Crippen LogP contribution >= 0.6 is 0 Å². The van der Waals surface area contributed by atoms with Crippen LogP contribution in [0.4, 0.5) is 30.7 Å². The minimum atomic E-state index is -5.74. The fraction of sp³-hybridized carbons (Fsp3) is 0.238. The third kappa shape index (κ3) is 4.69. The van der Waals surface area contributed by atoms with Gasteiger partial charge in [0.25, 0.3) is 0 Å². The fourth-order valence-electron chi connectivity index (χ4n) is 3.10. The van der Waals surface area contributed by atoms with Crippen molar-refractivity contribution in [2.75, 3.05) is 7.11 Å². The molecule has 0 aromatic heterocycles. The third-order valence-electron chi connectivity index (χ3n) is 4.88. The fourth-order valence-corrected chi connectivity index (χ4v) is 7.55. The summed E-state index contributed by atoms with van der Waals surface area (Å²) in [5.41, 5.74) is -2.58. The first kappa shape index (κ1) is 26.5. The zero-order valence-corrected chi connectivity index (χ0v) is 20.2. The van der Waals surface area contributed by atoms with Crippen molar-refractivity contribution in [2.45, 2.75) is 27.6 Å². The van der Waals surface area contributed by atoms with Crippen LogP contribution in [0.15, 0.2) is 76.5 Å². The second-order valence-electron chi connectivity index (χ2n) is 7.06. The molecule has 0 N–H and O–H groups in total. The van der Waals surface area contributed by atoms with Crippen LogP contribution in [-0.2, 0) is 16.1 Å². The Bertz CT molecular complexity index is 1240. The van der Waals surface area contributed by atoms with Crippen LogP contribution in [0.1, 0.15) is 11.1 Å². The van der Waals surface area contributed by atoms with E-state index >= 15 is 8.78 Å². The van der Waals surface area contributed by atoms with Gasteiger partial charge in [0.2, 0.25) is 0 Å². The van der Waals surface area contributed by atoms with E-state index in [0.717, 1.165) is 36.4 Å². The predicted molar refractivity (Wildman–Crippen MR) is 102 cm³/mol. The van der Waals surface area contributed by atoms with E-state index in [1.54, 1.807) is 6.92 Å². The summed E-state index contributed by atoms with van der Waals surface area (Å²) in [6, 6.07) is 9.31. The molecule has 186 valence electrons. The van der Waals surface area contributed by atoms with E-state index in [1.807, 2.05) is 0 Å². The molecule has 13 heteroatoms. The number of allylic oxidation sites excluding steroid dienone is 4. The number of benzene rings is 2. The Labute approximate surface area is 201 Å². The average Bonchev–Trinajstić information content (AvgIpc) is 2.78. The number of hydrogen-bond donors (Lipinski definition) is 0. The molecule has 1 aliphatic rings. The molecule has 34 heavy (non-hydrogen) atoms.